The van der Waals surface area contributed by atoms with Gasteiger partial charge in [-0.05, 0) is 49.2 Å². The minimum Gasteiger partial charge on any atom is -0.487 e. The predicted molar refractivity (Wildman–Crippen MR) is 130 cm³/mol. The van der Waals surface area contributed by atoms with Crippen LogP contribution in [-0.4, -0.2) is 19.5 Å². The SMILES string of the molecule is Cc1cnc(C(C)C)nc1-c1cc(-n2c(C)cc(OCc3ccc(F)cc3)c(Cl)c2=O)ccn1. The second-order valence-corrected chi connectivity index (χ2v) is 8.71. The highest BCUT2D eigenvalue weighted by Gasteiger charge is 2.16. The fraction of sp³-hybridized carbons (Fsp3) is 0.231. The number of nitrogens with zero attached hydrogens (tertiary/aromatic N) is 4. The van der Waals surface area contributed by atoms with Crippen molar-refractivity contribution in [2.24, 2.45) is 0 Å². The van der Waals surface area contributed by atoms with Crippen LogP contribution in [0.2, 0.25) is 5.02 Å². The molecule has 1 aromatic carbocycles. The first-order chi connectivity index (χ1) is 16.2. The van der Waals surface area contributed by atoms with Crippen molar-refractivity contribution in [1.29, 1.82) is 0 Å². The van der Waals surface area contributed by atoms with Gasteiger partial charge in [0.2, 0.25) is 0 Å². The van der Waals surface area contributed by atoms with Crippen molar-refractivity contribution in [1.82, 2.24) is 19.5 Å². The molecular formula is C26H24ClFN4O2. The van der Waals surface area contributed by atoms with Crippen molar-refractivity contribution in [2.45, 2.75) is 40.2 Å². The molecule has 4 aromatic rings. The maximum atomic E-state index is 13.2. The lowest BCUT2D eigenvalue weighted by Gasteiger charge is -2.15. The van der Waals surface area contributed by atoms with Crippen molar-refractivity contribution in [3.05, 3.63) is 98.7 Å². The molecule has 174 valence electrons. The van der Waals surface area contributed by atoms with Gasteiger partial charge in [0.15, 0.2) is 0 Å². The zero-order chi connectivity index (χ0) is 24.4. The summed E-state index contributed by atoms with van der Waals surface area (Å²) in [5, 5.41) is -0.0358. The van der Waals surface area contributed by atoms with Gasteiger partial charge in [-0.1, -0.05) is 37.6 Å². The molecule has 34 heavy (non-hydrogen) atoms. The topological polar surface area (TPSA) is 69.9 Å². The van der Waals surface area contributed by atoms with Gasteiger partial charge in [0, 0.05) is 30.1 Å². The molecule has 6 nitrogen and oxygen atoms in total. The second-order valence-electron chi connectivity index (χ2n) is 8.33. The summed E-state index contributed by atoms with van der Waals surface area (Å²) in [6, 6.07) is 11.2. The first-order valence-electron chi connectivity index (χ1n) is 10.8. The van der Waals surface area contributed by atoms with E-state index in [-0.39, 0.29) is 29.1 Å². The van der Waals surface area contributed by atoms with Crippen molar-refractivity contribution in [3.8, 4) is 22.8 Å². The van der Waals surface area contributed by atoms with Crippen LogP contribution < -0.4 is 10.3 Å². The Balaban J connectivity index is 1.69. The molecule has 4 rings (SSSR count). The number of hydrogen-bond donors (Lipinski definition) is 0. The lowest BCUT2D eigenvalue weighted by molar-refractivity contribution is 0.305. The van der Waals surface area contributed by atoms with E-state index in [1.54, 1.807) is 43.6 Å². The number of pyridine rings is 2. The summed E-state index contributed by atoms with van der Waals surface area (Å²) < 4.78 is 20.4. The molecule has 0 amide bonds. The molecule has 0 saturated heterocycles. The molecule has 0 atom stereocenters. The van der Waals surface area contributed by atoms with E-state index in [2.05, 4.69) is 15.0 Å². The Hall–Kier alpha value is -3.58. The van der Waals surface area contributed by atoms with Crippen molar-refractivity contribution < 1.29 is 9.13 Å². The molecule has 0 radical (unpaired) electrons. The number of benzene rings is 1. The number of aryl methyl sites for hydroxylation is 2. The zero-order valence-electron chi connectivity index (χ0n) is 19.3. The van der Waals surface area contributed by atoms with Gasteiger partial charge in [0.25, 0.3) is 5.56 Å². The van der Waals surface area contributed by atoms with E-state index in [1.165, 1.54) is 16.7 Å². The second kappa shape index (κ2) is 9.73. The van der Waals surface area contributed by atoms with E-state index < -0.39 is 5.56 Å². The molecule has 0 unspecified atom stereocenters. The molecule has 0 N–H and O–H groups in total. The molecule has 0 aliphatic heterocycles. The molecule has 0 bridgehead atoms. The van der Waals surface area contributed by atoms with Gasteiger partial charge in [-0.3, -0.25) is 14.3 Å². The third-order valence-corrected chi connectivity index (χ3v) is 5.71. The van der Waals surface area contributed by atoms with E-state index in [9.17, 15) is 9.18 Å². The van der Waals surface area contributed by atoms with Gasteiger partial charge in [0.1, 0.15) is 29.0 Å². The average Bonchev–Trinajstić information content (AvgIpc) is 2.82. The Kier molecular flexibility index (Phi) is 6.75. The molecule has 0 fully saturated rings. The minimum absolute atomic E-state index is 0.0358. The van der Waals surface area contributed by atoms with Gasteiger partial charge in [0.05, 0.1) is 17.1 Å². The first kappa shape index (κ1) is 23.6. The summed E-state index contributed by atoms with van der Waals surface area (Å²) in [6.07, 6.45) is 3.42. The summed E-state index contributed by atoms with van der Waals surface area (Å²) in [7, 11) is 0. The number of rotatable bonds is 6. The summed E-state index contributed by atoms with van der Waals surface area (Å²) in [5.41, 5.74) is 3.86. The normalized spacial score (nSPS) is 11.1. The smallest absolute Gasteiger partial charge is 0.277 e. The van der Waals surface area contributed by atoms with E-state index in [4.69, 9.17) is 16.3 Å². The molecule has 0 aliphatic rings. The summed E-state index contributed by atoms with van der Waals surface area (Å²) >= 11 is 6.39. The summed E-state index contributed by atoms with van der Waals surface area (Å²) in [4.78, 5) is 26.7. The lowest BCUT2D eigenvalue weighted by atomic mass is 10.1. The Bertz CT molecular complexity index is 1400. The van der Waals surface area contributed by atoms with Crippen molar-refractivity contribution in [2.75, 3.05) is 0 Å². The molecule has 0 aliphatic carbocycles. The van der Waals surface area contributed by atoms with E-state index in [1.807, 2.05) is 26.8 Å². The van der Waals surface area contributed by atoms with Gasteiger partial charge >= 0.3 is 0 Å². The van der Waals surface area contributed by atoms with Gasteiger partial charge < -0.3 is 4.74 Å². The lowest BCUT2D eigenvalue weighted by Crippen LogP contribution is -2.22. The minimum atomic E-state index is -0.407. The number of halogens is 2. The molecular weight excluding hydrogens is 455 g/mol. The van der Waals surface area contributed by atoms with Crippen LogP contribution in [0.4, 0.5) is 4.39 Å². The van der Waals surface area contributed by atoms with E-state index in [0.29, 0.717) is 17.1 Å². The molecule has 8 heteroatoms. The van der Waals surface area contributed by atoms with Crippen LogP contribution in [0.5, 0.6) is 5.75 Å². The standard InChI is InChI=1S/C26H24ClFN4O2/c1-15(2)25-30-13-16(3)24(31-25)21-12-20(9-10-29-21)32-17(4)11-22(23(27)26(32)33)34-14-18-5-7-19(28)8-6-18/h5-13,15H,14H2,1-4H3. The highest BCUT2D eigenvalue weighted by molar-refractivity contribution is 6.31. The zero-order valence-corrected chi connectivity index (χ0v) is 20.1. The Labute approximate surface area is 202 Å². The monoisotopic (exact) mass is 478 g/mol. The van der Waals surface area contributed by atoms with Crippen LogP contribution in [-0.2, 0) is 6.61 Å². The van der Waals surface area contributed by atoms with Crippen LogP contribution in [0.1, 0.15) is 42.4 Å². The van der Waals surface area contributed by atoms with Crippen molar-refractivity contribution >= 4 is 11.6 Å². The number of hydrogen-bond acceptors (Lipinski definition) is 5. The van der Waals surface area contributed by atoms with E-state index >= 15 is 0 Å². The number of aromatic nitrogens is 4. The Morgan fingerprint density at radius 3 is 2.53 bits per heavy atom. The van der Waals surface area contributed by atoms with Crippen LogP contribution in [0.15, 0.2) is 59.7 Å². The maximum Gasteiger partial charge on any atom is 0.277 e. The first-order valence-corrected chi connectivity index (χ1v) is 11.2. The maximum absolute atomic E-state index is 13.2. The molecule has 3 aromatic heterocycles. The van der Waals surface area contributed by atoms with E-state index in [0.717, 1.165) is 22.6 Å². The van der Waals surface area contributed by atoms with Crippen molar-refractivity contribution in [3.63, 3.8) is 0 Å². The third-order valence-electron chi connectivity index (χ3n) is 5.36. The summed E-state index contributed by atoms with van der Waals surface area (Å²) in [5.74, 6) is 0.849. The average molecular weight is 479 g/mol. The fourth-order valence-corrected chi connectivity index (χ4v) is 3.72. The summed E-state index contributed by atoms with van der Waals surface area (Å²) in [6.45, 7) is 7.95. The largest absolute Gasteiger partial charge is 0.487 e. The van der Waals surface area contributed by atoms with Crippen LogP contribution in [0, 0.1) is 19.7 Å². The quantitative estimate of drug-likeness (QED) is 0.350. The highest BCUT2D eigenvalue weighted by Crippen LogP contribution is 2.26. The molecule has 0 saturated carbocycles. The Morgan fingerprint density at radius 1 is 1.09 bits per heavy atom. The van der Waals surface area contributed by atoms with Crippen LogP contribution in [0.25, 0.3) is 17.1 Å². The van der Waals surface area contributed by atoms with Crippen LogP contribution >= 0.6 is 11.6 Å². The number of ether oxygens (including phenoxy) is 1. The van der Waals surface area contributed by atoms with Crippen LogP contribution in [0.3, 0.4) is 0 Å². The van der Waals surface area contributed by atoms with Gasteiger partial charge in [-0.2, -0.15) is 0 Å². The molecule has 3 heterocycles. The van der Waals surface area contributed by atoms with Gasteiger partial charge in [-0.15, -0.1) is 0 Å². The third kappa shape index (κ3) is 4.84. The Morgan fingerprint density at radius 2 is 1.82 bits per heavy atom. The van der Waals surface area contributed by atoms with Gasteiger partial charge in [-0.25, -0.2) is 14.4 Å². The molecule has 0 spiro atoms. The predicted octanol–water partition coefficient (Wildman–Crippen LogP) is 5.80. The highest BCUT2D eigenvalue weighted by atomic mass is 35.5. The fourth-order valence-electron chi connectivity index (χ4n) is 3.53.